The first-order valence-electron chi connectivity index (χ1n) is 7.86. The Kier molecular flexibility index (Phi) is 4.90. The van der Waals surface area contributed by atoms with E-state index in [1.165, 1.54) is 7.11 Å². The minimum Gasteiger partial charge on any atom is -0.497 e. The van der Waals surface area contributed by atoms with Crippen LogP contribution in [-0.4, -0.2) is 23.8 Å². The number of Topliss-reactive ketones (excluding diaryl/α,β-unsaturated/α-hetero) is 1. The number of benzene rings is 2. The van der Waals surface area contributed by atoms with E-state index in [9.17, 15) is 14.9 Å². The van der Waals surface area contributed by atoms with Gasteiger partial charge in [-0.3, -0.25) is 14.6 Å². The number of methoxy groups -OCH3 is 1. The highest BCUT2D eigenvalue weighted by Crippen LogP contribution is 2.20. The summed E-state index contributed by atoms with van der Waals surface area (Å²) in [4.78, 5) is 29.2. The van der Waals surface area contributed by atoms with E-state index in [0.29, 0.717) is 11.4 Å². The van der Waals surface area contributed by atoms with Crippen LogP contribution in [0.3, 0.4) is 0 Å². The van der Waals surface area contributed by atoms with E-state index in [4.69, 9.17) is 4.74 Å². The summed E-state index contributed by atoms with van der Waals surface area (Å²) < 4.78 is 5.09. The maximum absolute atomic E-state index is 12.6. The van der Waals surface area contributed by atoms with Gasteiger partial charge in [0.2, 0.25) is 5.91 Å². The van der Waals surface area contributed by atoms with Crippen molar-refractivity contribution in [1.29, 1.82) is 5.26 Å². The van der Waals surface area contributed by atoms with Gasteiger partial charge in [-0.2, -0.15) is 5.26 Å². The van der Waals surface area contributed by atoms with Gasteiger partial charge in [-0.1, -0.05) is 12.1 Å². The van der Waals surface area contributed by atoms with Crippen molar-refractivity contribution in [2.24, 2.45) is 5.92 Å². The van der Waals surface area contributed by atoms with Crippen LogP contribution in [0.5, 0.6) is 5.75 Å². The summed E-state index contributed by atoms with van der Waals surface area (Å²) in [5, 5.41) is 12.7. The molecule has 0 aliphatic heterocycles. The first-order valence-corrected chi connectivity index (χ1v) is 7.86. The molecule has 0 bridgehead atoms. The van der Waals surface area contributed by atoms with Gasteiger partial charge >= 0.3 is 0 Å². The van der Waals surface area contributed by atoms with E-state index in [1.807, 2.05) is 6.07 Å². The Morgan fingerprint density at radius 2 is 2.00 bits per heavy atom. The molecule has 0 spiro atoms. The quantitative estimate of drug-likeness (QED) is 0.566. The third-order valence-corrected chi connectivity index (χ3v) is 3.88. The molecule has 3 rings (SSSR count). The van der Waals surface area contributed by atoms with Crippen LogP contribution >= 0.6 is 0 Å². The molecule has 1 heterocycles. The van der Waals surface area contributed by atoms with Gasteiger partial charge in [-0.05, 0) is 36.4 Å². The predicted molar refractivity (Wildman–Crippen MR) is 96.8 cm³/mol. The average molecular weight is 345 g/mol. The fourth-order valence-electron chi connectivity index (χ4n) is 2.55. The number of carbonyl (C=O) groups excluding carboxylic acids is 2. The number of rotatable bonds is 5. The number of fused-ring (bicyclic) bond motifs is 1. The van der Waals surface area contributed by atoms with Crippen LogP contribution in [0.1, 0.15) is 10.4 Å². The monoisotopic (exact) mass is 345 g/mol. The number of nitrogens with zero attached hydrogens (tertiary/aromatic N) is 2. The minimum atomic E-state index is -1.45. The Hall–Kier alpha value is -3.72. The second-order valence-electron chi connectivity index (χ2n) is 5.56. The van der Waals surface area contributed by atoms with Crippen molar-refractivity contribution in [2.75, 3.05) is 12.4 Å². The first-order chi connectivity index (χ1) is 12.6. The molecule has 1 aromatic heterocycles. The molecule has 6 heteroatoms. The highest BCUT2D eigenvalue weighted by molar-refractivity contribution is 6.16. The fourth-order valence-corrected chi connectivity index (χ4v) is 2.55. The SMILES string of the molecule is COc1cccc(NC(=O)[C@@H](C#N)C(=O)c2ccc3ncccc3c2)c1. The van der Waals surface area contributed by atoms with Crippen LogP contribution in [0, 0.1) is 17.2 Å². The van der Waals surface area contributed by atoms with Gasteiger partial charge in [0.1, 0.15) is 5.75 Å². The number of pyridine rings is 1. The zero-order valence-electron chi connectivity index (χ0n) is 14.0. The second-order valence-corrected chi connectivity index (χ2v) is 5.56. The van der Waals surface area contributed by atoms with Crippen molar-refractivity contribution in [3.05, 3.63) is 66.4 Å². The molecule has 26 heavy (non-hydrogen) atoms. The van der Waals surface area contributed by atoms with Crippen LogP contribution in [-0.2, 0) is 4.79 Å². The lowest BCUT2D eigenvalue weighted by molar-refractivity contribution is -0.117. The maximum Gasteiger partial charge on any atom is 0.249 e. The maximum atomic E-state index is 12.6. The minimum absolute atomic E-state index is 0.290. The molecular weight excluding hydrogens is 330 g/mol. The van der Waals surface area contributed by atoms with Crippen molar-refractivity contribution < 1.29 is 14.3 Å². The topological polar surface area (TPSA) is 92.1 Å². The lowest BCUT2D eigenvalue weighted by atomic mass is 9.96. The Morgan fingerprint density at radius 1 is 1.15 bits per heavy atom. The number of carbonyl (C=O) groups is 2. The Labute approximate surface area is 150 Å². The number of amides is 1. The van der Waals surface area contributed by atoms with Crippen molar-refractivity contribution in [3.8, 4) is 11.8 Å². The summed E-state index contributed by atoms with van der Waals surface area (Å²) in [5.74, 6) is -2.13. The zero-order chi connectivity index (χ0) is 18.5. The van der Waals surface area contributed by atoms with Crippen molar-refractivity contribution in [2.45, 2.75) is 0 Å². The van der Waals surface area contributed by atoms with Crippen LogP contribution in [0.25, 0.3) is 10.9 Å². The van der Waals surface area contributed by atoms with Gasteiger partial charge in [0.15, 0.2) is 11.7 Å². The number of nitrogens with one attached hydrogen (secondary N) is 1. The molecule has 1 atom stereocenters. The molecule has 0 aliphatic carbocycles. The number of hydrogen-bond donors (Lipinski definition) is 1. The van der Waals surface area contributed by atoms with Gasteiger partial charge in [0, 0.05) is 28.9 Å². The molecule has 3 aromatic rings. The molecule has 1 N–H and O–H groups in total. The lowest BCUT2D eigenvalue weighted by Crippen LogP contribution is -2.28. The number of aromatic nitrogens is 1. The number of hydrogen-bond acceptors (Lipinski definition) is 5. The Bertz CT molecular complexity index is 1020. The molecule has 128 valence electrons. The van der Waals surface area contributed by atoms with Crippen LogP contribution in [0.15, 0.2) is 60.8 Å². The van der Waals surface area contributed by atoms with Crippen molar-refractivity contribution in [1.82, 2.24) is 4.98 Å². The largest absolute Gasteiger partial charge is 0.497 e. The molecular formula is C20H15N3O3. The van der Waals surface area contributed by atoms with Gasteiger partial charge < -0.3 is 10.1 Å². The summed E-state index contributed by atoms with van der Waals surface area (Å²) in [6, 6.07) is 17.0. The van der Waals surface area contributed by atoms with E-state index < -0.39 is 17.6 Å². The van der Waals surface area contributed by atoms with Crippen molar-refractivity contribution >= 4 is 28.3 Å². The third-order valence-electron chi connectivity index (χ3n) is 3.88. The van der Waals surface area contributed by atoms with Gasteiger partial charge in [0.05, 0.1) is 18.7 Å². The summed E-state index contributed by atoms with van der Waals surface area (Å²) in [7, 11) is 1.51. The second kappa shape index (κ2) is 7.45. The number of ketones is 1. The summed E-state index contributed by atoms with van der Waals surface area (Å²) in [6.07, 6.45) is 1.66. The zero-order valence-corrected chi connectivity index (χ0v) is 14.0. The molecule has 0 saturated heterocycles. The van der Waals surface area contributed by atoms with E-state index in [-0.39, 0.29) is 5.56 Å². The van der Waals surface area contributed by atoms with E-state index >= 15 is 0 Å². The predicted octanol–water partition coefficient (Wildman–Crippen LogP) is 3.20. The lowest BCUT2D eigenvalue weighted by Gasteiger charge is -2.11. The third kappa shape index (κ3) is 3.52. The average Bonchev–Trinajstić information content (AvgIpc) is 2.68. The van der Waals surface area contributed by atoms with E-state index in [1.54, 1.807) is 60.8 Å². The molecule has 0 fully saturated rings. The smallest absolute Gasteiger partial charge is 0.249 e. The number of nitriles is 1. The highest BCUT2D eigenvalue weighted by atomic mass is 16.5. The molecule has 0 aliphatic rings. The molecule has 0 radical (unpaired) electrons. The van der Waals surface area contributed by atoms with Crippen LogP contribution in [0.2, 0.25) is 0 Å². The van der Waals surface area contributed by atoms with Gasteiger partial charge in [-0.15, -0.1) is 0 Å². The van der Waals surface area contributed by atoms with E-state index in [2.05, 4.69) is 10.3 Å². The normalized spacial score (nSPS) is 11.4. The molecule has 2 aromatic carbocycles. The standard InChI is InChI=1S/C20H15N3O3/c1-26-16-6-2-5-15(11-16)23-20(25)17(12-21)19(24)14-7-8-18-13(10-14)4-3-9-22-18/h2-11,17H,1H3,(H,23,25)/t17-/m0/s1. The summed E-state index contributed by atoms with van der Waals surface area (Å²) in [6.45, 7) is 0. The van der Waals surface area contributed by atoms with Crippen LogP contribution < -0.4 is 10.1 Å². The Morgan fingerprint density at radius 3 is 2.77 bits per heavy atom. The van der Waals surface area contributed by atoms with Gasteiger partial charge in [-0.25, -0.2) is 0 Å². The summed E-state index contributed by atoms with van der Waals surface area (Å²) >= 11 is 0. The number of anilines is 1. The highest BCUT2D eigenvalue weighted by Gasteiger charge is 2.28. The molecule has 1 amide bonds. The first kappa shape index (κ1) is 17.1. The van der Waals surface area contributed by atoms with Crippen molar-refractivity contribution in [3.63, 3.8) is 0 Å². The van der Waals surface area contributed by atoms with E-state index in [0.717, 1.165) is 10.9 Å². The van der Waals surface area contributed by atoms with Crippen LogP contribution in [0.4, 0.5) is 5.69 Å². The summed E-state index contributed by atoms with van der Waals surface area (Å²) in [5.41, 5.74) is 1.47. The molecule has 0 unspecified atom stereocenters. The number of ether oxygens (including phenoxy) is 1. The molecule has 6 nitrogen and oxygen atoms in total. The Balaban J connectivity index is 1.83. The molecule has 0 saturated carbocycles. The fraction of sp³-hybridized carbons (Fsp3) is 0.100. The van der Waals surface area contributed by atoms with Gasteiger partial charge in [0.25, 0.3) is 0 Å².